The summed E-state index contributed by atoms with van der Waals surface area (Å²) in [5.41, 5.74) is 2.75. The third-order valence-corrected chi connectivity index (χ3v) is 5.69. The molecule has 1 aromatic carbocycles. The lowest BCUT2D eigenvalue weighted by Crippen LogP contribution is -2.33. The largest absolute Gasteiger partial charge is 0.508 e. The van der Waals surface area contributed by atoms with Gasteiger partial charge in [-0.25, -0.2) is 0 Å². The molecule has 0 amide bonds. The lowest BCUT2D eigenvalue weighted by molar-refractivity contribution is 0.394. The maximum absolute atomic E-state index is 9.72. The minimum atomic E-state index is 0.404. The van der Waals surface area contributed by atoms with Gasteiger partial charge in [0.2, 0.25) is 0 Å². The van der Waals surface area contributed by atoms with Crippen molar-refractivity contribution in [1.82, 2.24) is 5.32 Å². The molecule has 3 unspecified atom stereocenters. The van der Waals surface area contributed by atoms with Crippen molar-refractivity contribution in [2.24, 2.45) is 0 Å². The average Bonchev–Trinajstić information content (AvgIpc) is 2.87. The Hall–Kier alpha value is -0.670. The number of thioether (sulfide) groups is 1. The highest BCUT2D eigenvalue weighted by molar-refractivity contribution is 7.99. The number of rotatable bonds is 3. The first-order chi connectivity index (χ1) is 9.26. The van der Waals surface area contributed by atoms with Gasteiger partial charge >= 0.3 is 0 Å². The van der Waals surface area contributed by atoms with Gasteiger partial charge in [0.15, 0.2) is 0 Å². The standard InChI is InChI=1S/C16H23NOS/c1-19-14-8-6-12(9-14)17-16-4-2-3-11-5-7-13(18)10-15(11)16/h5,7,10,12,14,16-18H,2-4,6,8-9H2,1H3. The molecule has 3 heteroatoms. The predicted octanol–water partition coefficient (Wildman–Crippen LogP) is 3.64. The summed E-state index contributed by atoms with van der Waals surface area (Å²) in [6.45, 7) is 0. The van der Waals surface area contributed by atoms with Crippen molar-refractivity contribution in [3.8, 4) is 5.75 Å². The summed E-state index contributed by atoms with van der Waals surface area (Å²) >= 11 is 2.01. The van der Waals surface area contributed by atoms with Crippen LogP contribution in [0.25, 0.3) is 0 Å². The van der Waals surface area contributed by atoms with Crippen molar-refractivity contribution < 1.29 is 5.11 Å². The van der Waals surface area contributed by atoms with Gasteiger partial charge < -0.3 is 10.4 Å². The molecule has 3 rings (SSSR count). The number of aromatic hydroxyl groups is 1. The highest BCUT2D eigenvalue weighted by Gasteiger charge is 2.28. The number of hydrogen-bond acceptors (Lipinski definition) is 3. The molecule has 1 saturated carbocycles. The predicted molar refractivity (Wildman–Crippen MR) is 81.9 cm³/mol. The van der Waals surface area contributed by atoms with Gasteiger partial charge in [0.25, 0.3) is 0 Å². The number of aryl methyl sites for hydroxylation is 1. The first-order valence-electron chi connectivity index (χ1n) is 7.37. The Kier molecular flexibility index (Phi) is 4.04. The van der Waals surface area contributed by atoms with Crippen LogP contribution >= 0.6 is 11.8 Å². The van der Waals surface area contributed by atoms with E-state index in [4.69, 9.17) is 0 Å². The van der Waals surface area contributed by atoms with Gasteiger partial charge in [-0.1, -0.05) is 6.07 Å². The second-order valence-electron chi connectivity index (χ2n) is 5.86. The van der Waals surface area contributed by atoms with Crippen LogP contribution in [0.3, 0.4) is 0 Å². The summed E-state index contributed by atoms with van der Waals surface area (Å²) in [5, 5.41) is 14.4. The Balaban J connectivity index is 1.71. The molecule has 0 radical (unpaired) electrons. The fraction of sp³-hybridized carbons (Fsp3) is 0.625. The molecule has 2 aliphatic carbocycles. The van der Waals surface area contributed by atoms with Crippen LogP contribution in [0.2, 0.25) is 0 Å². The van der Waals surface area contributed by atoms with E-state index in [-0.39, 0.29) is 0 Å². The van der Waals surface area contributed by atoms with Crippen molar-refractivity contribution >= 4 is 11.8 Å². The minimum Gasteiger partial charge on any atom is -0.508 e. The molecule has 0 heterocycles. The molecule has 2 nitrogen and oxygen atoms in total. The van der Waals surface area contributed by atoms with Crippen molar-refractivity contribution in [3.63, 3.8) is 0 Å². The lowest BCUT2D eigenvalue weighted by Gasteiger charge is -2.29. The third-order valence-electron chi connectivity index (χ3n) is 4.60. The van der Waals surface area contributed by atoms with Crippen LogP contribution in [0.4, 0.5) is 0 Å². The molecule has 1 fully saturated rings. The Bertz CT molecular complexity index is 448. The molecule has 2 N–H and O–H groups in total. The zero-order chi connectivity index (χ0) is 13.2. The smallest absolute Gasteiger partial charge is 0.115 e. The topological polar surface area (TPSA) is 32.3 Å². The summed E-state index contributed by atoms with van der Waals surface area (Å²) in [6.07, 6.45) is 9.79. The van der Waals surface area contributed by atoms with Crippen LogP contribution in [-0.2, 0) is 6.42 Å². The fourth-order valence-corrected chi connectivity index (χ4v) is 4.35. The van der Waals surface area contributed by atoms with Gasteiger partial charge in [-0.3, -0.25) is 0 Å². The Morgan fingerprint density at radius 2 is 2.16 bits per heavy atom. The quantitative estimate of drug-likeness (QED) is 0.884. The molecule has 1 aromatic rings. The van der Waals surface area contributed by atoms with Crippen molar-refractivity contribution in [3.05, 3.63) is 29.3 Å². The zero-order valence-electron chi connectivity index (χ0n) is 11.6. The number of phenols is 1. The Morgan fingerprint density at radius 3 is 2.95 bits per heavy atom. The first kappa shape index (κ1) is 13.3. The van der Waals surface area contributed by atoms with E-state index in [1.807, 2.05) is 23.9 Å². The summed E-state index contributed by atoms with van der Waals surface area (Å²) in [4.78, 5) is 0. The van der Waals surface area contributed by atoms with E-state index >= 15 is 0 Å². The molecule has 19 heavy (non-hydrogen) atoms. The van der Waals surface area contributed by atoms with Gasteiger partial charge in [0.1, 0.15) is 5.75 Å². The summed E-state index contributed by atoms with van der Waals surface area (Å²) in [5.74, 6) is 0.404. The molecule has 104 valence electrons. The molecular formula is C16H23NOS. The van der Waals surface area contributed by atoms with Crippen LogP contribution in [0, 0.1) is 0 Å². The van der Waals surface area contributed by atoms with Crippen molar-refractivity contribution in [2.45, 2.75) is 55.9 Å². The molecule has 0 saturated heterocycles. The molecule has 2 aliphatic rings. The van der Waals surface area contributed by atoms with Crippen LogP contribution in [-0.4, -0.2) is 22.7 Å². The van der Waals surface area contributed by atoms with Crippen LogP contribution in [0.5, 0.6) is 5.75 Å². The van der Waals surface area contributed by atoms with E-state index in [1.165, 1.54) is 43.2 Å². The normalized spacial score (nSPS) is 30.3. The van der Waals surface area contributed by atoms with E-state index < -0.39 is 0 Å². The molecule has 0 aliphatic heterocycles. The number of benzene rings is 1. The van der Waals surface area contributed by atoms with Gasteiger partial charge in [-0.05, 0) is 68.0 Å². The number of nitrogens with one attached hydrogen (secondary N) is 1. The molecule has 0 spiro atoms. The Labute approximate surface area is 120 Å². The maximum atomic E-state index is 9.72. The highest BCUT2D eigenvalue weighted by atomic mass is 32.2. The number of hydrogen-bond donors (Lipinski definition) is 2. The minimum absolute atomic E-state index is 0.404. The SMILES string of the molecule is CSC1CCC(NC2CCCc3ccc(O)cc32)C1. The van der Waals surface area contributed by atoms with Gasteiger partial charge in [-0.15, -0.1) is 0 Å². The summed E-state index contributed by atoms with van der Waals surface area (Å²) in [6, 6.07) is 6.99. The molecular weight excluding hydrogens is 254 g/mol. The van der Waals surface area contributed by atoms with Crippen molar-refractivity contribution in [1.29, 1.82) is 0 Å². The van der Waals surface area contributed by atoms with Gasteiger partial charge in [0, 0.05) is 17.3 Å². The van der Waals surface area contributed by atoms with Crippen LogP contribution in [0.1, 0.15) is 49.3 Å². The average molecular weight is 277 g/mol. The first-order valence-corrected chi connectivity index (χ1v) is 8.65. The summed E-state index contributed by atoms with van der Waals surface area (Å²) < 4.78 is 0. The van der Waals surface area contributed by atoms with Crippen molar-refractivity contribution in [2.75, 3.05) is 6.26 Å². The second kappa shape index (κ2) is 5.76. The monoisotopic (exact) mass is 277 g/mol. The number of fused-ring (bicyclic) bond motifs is 1. The van der Waals surface area contributed by atoms with E-state index in [1.54, 1.807) is 0 Å². The molecule has 0 bridgehead atoms. The van der Waals surface area contributed by atoms with Gasteiger partial charge in [0.05, 0.1) is 0 Å². The van der Waals surface area contributed by atoms with E-state index in [0.717, 1.165) is 11.7 Å². The van der Waals surface area contributed by atoms with E-state index in [0.29, 0.717) is 17.8 Å². The third kappa shape index (κ3) is 2.92. The Morgan fingerprint density at radius 1 is 1.26 bits per heavy atom. The molecule has 0 aromatic heterocycles. The maximum Gasteiger partial charge on any atom is 0.115 e. The summed E-state index contributed by atoms with van der Waals surface area (Å²) in [7, 11) is 0. The lowest BCUT2D eigenvalue weighted by atomic mass is 9.87. The van der Waals surface area contributed by atoms with Gasteiger partial charge in [-0.2, -0.15) is 11.8 Å². The second-order valence-corrected chi connectivity index (χ2v) is 7.00. The fourth-order valence-electron chi connectivity index (χ4n) is 3.55. The van der Waals surface area contributed by atoms with E-state index in [2.05, 4.69) is 17.6 Å². The highest BCUT2D eigenvalue weighted by Crippen LogP contribution is 2.35. The molecule has 3 atom stereocenters. The van der Waals surface area contributed by atoms with E-state index in [9.17, 15) is 5.11 Å². The number of phenolic OH excluding ortho intramolecular Hbond substituents is 1. The zero-order valence-corrected chi connectivity index (χ0v) is 12.4. The van der Waals surface area contributed by atoms with Crippen LogP contribution in [0.15, 0.2) is 18.2 Å². The van der Waals surface area contributed by atoms with Crippen LogP contribution < -0.4 is 5.32 Å².